The lowest BCUT2D eigenvalue weighted by atomic mass is 10.3. The van der Waals surface area contributed by atoms with Crippen LogP contribution in [-0.4, -0.2) is 23.0 Å². The van der Waals surface area contributed by atoms with Crippen molar-refractivity contribution in [2.24, 2.45) is 0 Å². The highest BCUT2D eigenvalue weighted by atomic mass is 32.2. The fraction of sp³-hybridized carbons (Fsp3) is 0.273. The highest BCUT2D eigenvalue weighted by molar-refractivity contribution is 7.88. The van der Waals surface area contributed by atoms with E-state index >= 15 is 0 Å². The second-order valence-electron chi connectivity index (χ2n) is 2.86. The average Bonchev–Trinajstić information content (AvgIpc) is 2.29. The van der Waals surface area contributed by atoms with Gasteiger partial charge in [-0.3, -0.25) is 0 Å². The van der Waals surface area contributed by atoms with Crippen LogP contribution in [0.15, 0.2) is 40.6 Å². The largest absolute Gasteiger partial charge is 0.497 e. The van der Waals surface area contributed by atoms with Crippen molar-refractivity contribution in [2.75, 3.05) is 13.7 Å². The second-order valence-corrected chi connectivity index (χ2v) is 4.20. The maximum atomic E-state index is 11.6. The van der Waals surface area contributed by atoms with Gasteiger partial charge in [0.25, 0.3) is 0 Å². The van der Waals surface area contributed by atoms with Crippen LogP contribution in [0.3, 0.4) is 0 Å². The zero-order chi connectivity index (χ0) is 11.1. The van der Waals surface area contributed by atoms with Crippen LogP contribution in [0, 0.1) is 0 Å². The van der Waals surface area contributed by atoms with Crippen molar-refractivity contribution in [1.82, 2.24) is 0 Å². The lowest BCUT2D eigenvalue weighted by Gasteiger charge is -2.00. The lowest BCUT2D eigenvalue weighted by molar-refractivity contribution is 0.302. The third kappa shape index (κ3) is 3.85. The van der Waals surface area contributed by atoms with Gasteiger partial charge >= 0.3 is 0 Å². The first-order valence-electron chi connectivity index (χ1n) is 4.60. The number of aliphatic hydroxyl groups excluding tert-OH is 1. The van der Waals surface area contributed by atoms with Crippen molar-refractivity contribution >= 4 is 10.8 Å². The number of ether oxygens (including phenoxy) is 1. The first-order valence-corrected chi connectivity index (χ1v) is 5.81. The molecule has 0 saturated carbocycles. The molecule has 82 valence electrons. The van der Waals surface area contributed by atoms with Crippen molar-refractivity contribution in [3.05, 3.63) is 35.7 Å². The molecular weight excluding hydrogens is 212 g/mol. The Morgan fingerprint density at radius 1 is 1.40 bits per heavy atom. The number of methoxy groups -OCH3 is 1. The molecule has 0 aliphatic carbocycles. The first kappa shape index (κ1) is 11.9. The average molecular weight is 226 g/mol. The Morgan fingerprint density at radius 3 is 2.60 bits per heavy atom. The summed E-state index contributed by atoms with van der Waals surface area (Å²) < 4.78 is 16.6. The summed E-state index contributed by atoms with van der Waals surface area (Å²) in [4.78, 5) is 0.727. The molecule has 1 atom stereocenters. The van der Waals surface area contributed by atoms with Crippen molar-refractivity contribution in [1.29, 1.82) is 0 Å². The quantitative estimate of drug-likeness (QED) is 0.831. The molecule has 1 N–H and O–H groups in total. The van der Waals surface area contributed by atoms with Gasteiger partial charge in [0.15, 0.2) is 0 Å². The second kappa shape index (κ2) is 6.37. The Hall–Kier alpha value is -1.13. The van der Waals surface area contributed by atoms with Crippen LogP contribution >= 0.6 is 0 Å². The SMILES string of the molecule is COc1ccc(S(=O)/C=C/CCO)cc1. The maximum absolute atomic E-state index is 11.6. The monoisotopic (exact) mass is 226 g/mol. The first-order chi connectivity index (χ1) is 7.27. The number of rotatable bonds is 5. The fourth-order valence-corrected chi connectivity index (χ4v) is 1.89. The Morgan fingerprint density at radius 2 is 2.07 bits per heavy atom. The molecule has 0 radical (unpaired) electrons. The summed E-state index contributed by atoms with van der Waals surface area (Å²) in [6.45, 7) is 0.0797. The van der Waals surface area contributed by atoms with Crippen molar-refractivity contribution in [3.8, 4) is 5.75 Å². The van der Waals surface area contributed by atoms with E-state index < -0.39 is 10.8 Å². The lowest BCUT2D eigenvalue weighted by Crippen LogP contribution is -1.88. The smallest absolute Gasteiger partial charge is 0.118 e. The van der Waals surface area contributed by atoms with Gasteiger partial charge in [-0.2, -0.15) is 0 Å². The van der Waals surface area contributed by atoms with Gasteiger partial charge in [-0.25, -0.2) is 4.21 Å². The Balaban J connectivity index is 2.66. The summed E-state index contributed by atoms with van der Waals surface area (Å²) >= 11 is 0. The minimum atomic E-state index is -1.14. The van der Waals surface area contributed by atoms with Gasteiger partial charge in [0.1, 0.15) is 5.75 Å². The highest BCUT2D eigenvalue weighted by Gasteiger charge is 1.99. The van der Waals surface area contributed by atoms with E-state index in [-0.39, 0.29) is 6.61 Å². The van der Waals surface area contributed by atoms with E-state index in [1.807, 2.05) is 0 Å². The molecule has 0 heterocycles. The zero-order valence-corrected chi connectivity index (χ0v) is 9.37. The molecule has 0 aromatic heterocycles. The van der Waals surface area contributed by atoms with Gasteiger partial charge in [-0.1, -0.05) is 6.08 Å². The predicted octanol–water partition coefficient (Wildman–Crippen LogP) is 1.70. The number of hydrogen-bond donors (Lipinski definition) is 1. The molecule has 0 amide bonds. The Labute approximate surface area is 91.8 Å². The summed E-state index contributed by atoms with van der Waals surface area (Å²) in [5.74, 6) is 0.745. The topological polar surface area (TPSA) is 46.5 Å². The highest BCUT2D eigenvalue weighted by Crippen LogP contribution is 2.14. The van der Waals surface area contributed by atoms with Crippen molar-refractivity contribution in [3.63, 3.8) is 0 Å². The molecule has 0 fully saturated rings. The summed E-state index contributed by atoms with van der Waals surface area (Å²) in [5, 5.41) is 10.1. The molecule has 0 aliphatic rings. The summed E-state index contributed by atoms with van der Waals surface area (Å²) in [7, 11) is 0.448. The molecule has 1 rings (SSSR count). The Bertz CT molecular complexity index is 343. The third-order valence-corrected chi connectivity index (χ3v) is 2.98. The zero-order valence-electron chi connectivity index (χ0n) is 8.55. The van der Waals surface area contributed by atoms with E-state index in [0.717, 1.165) is 10.6 Å². The van der Waals surface area contributed by atoms with E-state index in [1.165, 1.54) is 0 Å². The summed E-state index contributed by atoms with van der Waals surface area (Å²) in [5.41, 5.74) is 0. The molecule has 3 nitrogen and oxygen atoms in total. The van der Waals surface area contributed by atoms with Crippen molar-refractivity contribution < 1.29 is 14.1 Å². The van der Waals surface area contributed by atoms with Gasteiger partial charge in [0.05, 0.1) is 17.9 Å². The summed E-state index contributed by atoms with van der Waals surface area (Å²) in [6, 6.07) is 7.07. The van der Waals surface area contributed by atoms with E-state index in [4.69, 9.17) is 9.84 Å². The normalized spacial score (nSPS) is 12.9. The van der Waals surface area contributed by atoms with Gasteiger partial charge in [-0.05, 0) is 30.7 Å². The number of hydrogen-bond acceptors (Lipinski definition) is 3. The van der Waals surface area contributed by atoms with E-state index in [0.29, 0.717) is 6.42 Å². The van der Waals surface area contributed by atoms with Crippen LogP contribution in [-0.2, 0) is 10.8 Å². The van der Waals surface area contributed by atoms with Crippen molar-refractivity contribution in [2.45, 2.75) is 11.3 Å². The minimum absolute atomic E-state index is 0.0797. The minimum Gasteiger partial charge on any atom is -0.497 e. The van der Waals surface area contributed by atoms with Gasteiger partial charge < -0.3 is 9.84 Å². The molecule has 15 heavy (non-hydrogen) atoms. The van der Waals surface area contributed by atoms with E-state index in [2.05, 4.69) is 0 Å². The predicted molar refractivity (Wildman–Crippen MR) is 60.2 cm³/mol. The van der Waals surface area contributed by atoms with E-state index in [1.54, 1.807) is 42.9 Å². The molecule has 1 aromatic rings. The van der Waals surface area contributed by atoms with Crippen LogP contribution in [0.2, 0.25) is 0 Å². The third-order valence-electron chi connectivity index (χ3n) is 1.81. The van der Waals surface area contributed by atoms with Crippen LogP contribution in [0.5, 0.6) is 5.75 Å². The molecule has 0 spiro atoms. The number of aliphatic hydroxyl groups is 1. The van der Waals surface area contributed by atoms with Gasteiger partial charge in [0, 0.05) is 16.9 Å². The van der Waals surface area contributed by atoms with Crippen LogP contribution < -0.4 is 4.74 Å². The summed E-state index contributed by atoms with van der Waals surface area (Å²) in [6.07, 6.45) is 2.24. The van der Waals surface area contributed by atoms with Gasteiger partial charge in [0.2, 0.25) is 0 Å². The molecular formula is C11H14O3S. The van der Waals surface area contributed by atoms with Crippen LogP contribution in [0.4, 0.5) is 0 Å². The standard InChI is InChI=1S/C11H14O3S/c1-14-10-4-6-11(7-5-10)15(13)9-3-2-8-12/h3-7,9,12H,2,8H2,1H3/b9-3+. The van der Waals surface area contributed by atoms with Crippen LogP contribution in [0.1, 0.15) is 6.42 Å². The molecule has 0 bridgehead atoms. The molecule has 0 aliphatic heterocycles. The molecule has 1 unspecified atom stereocenters. The molecule has 1 aromatic carbocycles. The van der Waals surface area contributed by atoms with E-state index in [9.17, 15) is 4.21 Å². The Kier molecular flexibility index (Phi) is 5.07. The van der Waals surface area contributed by atoms with Crippen LogP contribution in [0.25, 0.3) is 0 Å². The van der Waals surface area contributed by atoms with Gasteiger partial charge in [-0.15, -0.1) is 0 Å². The maximum Gasteiger partial charge on any atom is 0.118 e. The number of benzene rings is 1. The molecule has 0 saturated heterocycles. The molecule has 4 heteroatoms. The fourth-order valence-electron chi connectivity index (χ4n) is 1.02.